The van der Waals surface area contributed by atoms with E-state index in [-0.39, 0.29) is 0 Å². The molecule has 0 aliphatic carbocycles. The highest BCUT2D eigenvalue weighted by atomic mass is 32.2. The molecule has 2 rings (SSSR count). The summed E-state index contributed by atoms with van der Waals surface area (Å²) >= 11 is 0. The molecule has 0 amide bonds. The van der Waals surface area contributed by atoms with E-state index in [9.17, 15) is 8.42 Å². The number of nitrogens with zero attached hydrogens (tertiary/aromatic N) is 1. The van der Waals surface area contributed by atoms with E-state index in [0.29, 0.717) is 29.8 Å². The van der Waals surface area contributed by atoms with E-state index < -0.39 is 10.0 Å². The van der Waals surface area contributed by atoms with Crippen molar-refractivity contribution in [3.8, 4) is 0 Å². The van der Waals surface area contributed by atoms with Gasteiger partial charge in [-0.2, -0.15) is 4.31 Å². The molecule has 1 saturated heterocycles. The van der Waals surface area contributed by atoms with Gasteiger partial charge in [-0.3, -0.25) is 0 Å². The summed E-state index contributed by atoms with van der Waals surface area (Å²) in [6.45, 7) is 7.53. The van der Waals surface area contributed by atoms with Crippen LogP contribution in [0.4, 0.5) is 0 Å². The second kappa shape index (κ2) is 5.02. The highest BCUT2D eigenvalue weighted by Gasteiger charge is 2.35. The average molecular weight is 267 g/mol. The topological polar surface area (TPSA) is 37.4 Å². The molecule has 2 atom stereocenters. The molecular weight excluding hydrogens is 246 g/mol. The second-order valence-corrected chi connectivity index (χ2v) is 7.22. The molecule has 1 aliphatic rings. The van der Waals surface area contributed by atoms with Crippen LogP contribution in [-0.4, -0.2) is 25.8 Å². The van der Waals surface area contributed by atoms with Crippen molar-refractivity contribution < 1.29 is 8.42 Å². The van der Waals surface area contributed by atoms with Crippen molar-refractivity contribution >= 4 is 10.0 Å². The smallest absolute Gasteiger partial charge is 0.207 e. The van der Waals surface area contributed by atoms with Crippen LogP contribution in [0.2, 0.25) is 0 Å². The first-order valence-corrected chi connectivity index (χ1v) is 7.96. The molecule has 1 aliphatic heterocycles. The van der Waals surface area contributed by atoms with E-state index in [4.69, 9.17) is 0 Å². The Balaban J connectivity index is 2.25. The second-order valence-electron chi connectivity index (χ2n) is 5.28. The Morgan fingerprint density at radius 3 is 2.33 bits per heavy atom. The highest BCUT2D eigenvalue weighted by molar-refractivity contribution is 7.89. The van der Waals surface area contributed by atoms with Crippen molar-refractivity contribution in [3.63, 3.8) is 0 Å². The van der Waals surface area contributed by atoms with Gasteiger partial charge in [0.2, 0.25) is 10.0 Å². The maximum absolute atomic E-state index is 12.5. The van der Waals surface area contributed by atoms with Crippen molar-refractivity contribution in [2.45, 2.75) is 32.1 Å². The number of rotatable bonds is 3. The molecule has 3 nitrogen and oxygen atoms in total. The van der Waals surface area contributed by atoms with Gasteiger partial charge in [0.05, 0.1) is 4.90 Å². The molecule has 1 aromatic carbocycles. The molecule has 4 heteroatoms. The third-order valence-electron chi connectivity index (χ3n) is 3.92. The summed E-state index contributed by atoms with van der Waals surface area (Å²) in [5, 5.41) is 0. The fourth-order valence-corrected chi connectivity index (χ4v) is 4.17. The first-order valence-electron chi connectivity index (χ1n) is 6.52. The first-order chi connectivity index (χ1) is 8.45. The zero-order valence-corrected chi connectivity index (χ0v) is 12.1. The predicted molar refractivity (Wildman–Crippen MR) is 72.9 cm³/mol. The molecule has 1 aromatic rings. The van der Waals surface area contributed by atoms with Crippen LogP contribution in [0.1, 0.15) is 25.8 Å². The molecule has 0 spiro atoms. The Morgan fingerprint density at radius 2 is 1.83 bits per heavy atom. The third kappa shape index (κ3) is 2.45. The van der Waals surface area contributed by atoms with E-state index in [1.165, 1.54) is 0 Å². The van der Waals surface area contributed by atoms with Gasteiger partial charge in [-0.05, 0) is 30.9 Å². The minimum Gasteiger partial charge on any atom is -0.207 e. The van der Waals surface area contributed by atoms with E-state index >= 15 is 0 Å². The number of aryl methyl sites for hydroxylation is 1. The quantitative estimate of drug-likeness (QED) is 0.844. The van der Waals surface area contributed by atoms with Gasteiger partial charge < -0.3 is 0 Å². The number of benzene rings is 1. The fraction of sp³-hybridized carbons (Fsp3) is 0.571. The van der Waals surface area contributed by atoms with E-state index in [2.05, 4.69) is 13.8 Å². The van der Waals surface area contributed by atoms with Gasteiger partial charge in [0.25, 0.3) is 0 Å². The molecule has 0 saturated carbocycles. The molecular formula is C14H21NO2S. The Labute approximate surface area is 110 Å². The van der Waals surface area contributed by atoms with Crippen molar-refractivity contribution in [1.82, 2.24) is 4.31 Å². The number of sulfonamides is 1. The summed E-state index contributed by atoms with van der Waals surface area (Å²) in [6, 6.07) is 7.11. The summed E-state index contributed by atoms with van der Waals surface area (Å²) in [7, 11) is -3.30. The van der Waals surface area contributed by atoms with Crippen molar-refractivity contribution in [3.05, 3.63) is 29.8 Å². The van der Waals surface area contributed by atoms with Gasteiger partial charge in [-0.25, -0.2) is 8.42 Å². The molecule has 0 aromatic heterocycles. The van der Waals surface area contributed by atoms with Crippen LogP contribution in [0.5, 0.6) is 0 Å². The molecule has 0 radical (unpaired) electrons. The average Bonchev–Trinajstić information content (AvgIpc) is 2.72. The van der Waals surface area contributed by atoms with Gasteiger partial charge in [-0.1, -0.05) is 38.0 Å². The Kier molecular flexibility index (Phi) is 3.78. The predicted octanol–water partition coefficient (Wildman–Crippen LogP) is 2.66. The van der Waals surface area contributed by atoms with Crippen LogP contribution in [-0.2, 0) is 10.0 Å². The lowest BCUT2D eigenvalue weighted by Gasteiger charge is -2.16. The zero-order valence-electron chi connectivity index (χ0n) is 11.3. The standard InChI is InChI=1S/C14H21NO2S/c1-4-13-10-15(9-12(13)3)18(16,17)14-7-5-11(2)6-8-14/h5-8,12-13H,4,9-10H2,1-3H3. The maximum Gasteiger partial charge on any atom is 0.243 e. The van der Waals surface area contributed by atoms with E-state index in [0.717, 1.165) is 12.0 Å². The Morgan fingerprint density at radius 1 is 1.22 bits per heavy atom. The van der Waals surface area contributed by atoms with Gasteiger partial charge >= 0.3 is 0 Å². The summed E-state index contributed by atoms with van der Waals surface area (Å²) < 4.78 is 26.6. The van der Waals surface area contributed by atoms with Crippen LogP contribution in [0.3, 0.4) is 0 Å². The normalized spacial score (nSPS) is 25.5. The first kappa shape index (κ1) is 13.6. The number of hydrogen-bond donors (Lipinski definition) is 0. The van der Waals surface area contributed by atoms with Gasteiger partial charge in [0.15, 0.2) is 0 Å². The lowest BCUT2D eigenvalue weighted by molar-refractivity contribution is 0.435. The summed E-state index contributed by atoms with van der Waals surface area (Å²) in [5.41, 5.74) is 1.08. The molecule has 1 heterocycles. The molecule has 2 unspecified atom stereocenters. The highest BCUT2D eigenvalue weighted by Crippen LogP contribution is 2.30. The van der Waals surface area contributed by atoms with Crippen molar-refractivity contribution in [1.29, 1.82) is 0 Å². The largest absolute Gasteiger partial charge is 0.243 e. The molecule has 100 valence electrons. The molecule has 0 N–H and O–H groups in total. The van der Waals surface area contributed by atoms with Gasteiger partial charge in [0, 0.05) is 13.1 Å². The van der Waals surface area contributed by atoms with E-state index in [1.807, 2.05) is 19.1 Å². The molecule has 1 fully saturated rings. The van der Waals surface area contributed by atoms with Crippen LogP contribution >= 0.6 is 0 Å². The van der Waals surface area contributed by atoms with Crippen LogP contribution in [0.15, 0.2) is 29.2 Å². The van der Waals surface area contributed by atoms with Crippen LogP contribution in [0, 0.1) is 18.8 Å². The lowest BCUT2D eigenvalue weighted by Crippen LogP contribution is -2.29. The maximum atomic E-state index is 12.5. The monoisotopic (exact) mass is 267 g/mol. The van der Waals surface area contributed by atoms with Gasteiger partial charge in [-0.15, -0.1) is 0 Å². The van der Waals surface area contributed by atoms with Gasteiger partial charge in [0.1, 0.15) is 0 Å². The Hall–Kier alpha value is -0.870. The van der Waals surface area contributed by atoms with Crippen molar-refractivity contribution in [2.24, 2.45) is 11.8 Å². The lowest BCUT2D eigenvalue weighted by atomic mass is 9.96. The SMILES string of the molecule is CCC1CN(S(=O)(=O)c2ccc(C)cc2)CC1C. The fourth-order valence-electron chi connectivity index (χ4n) is 2.57. The van der Waals surface area contributed by atoms with Crippen LogP contribution < -0.4 is 0 Å². The minimum atomic E-state index is -3.30. The molecule has 18 heavy (non-hydrogen) atoms. The summed E-state index contributed by atoms with van der Waals surface area (Å²) in [4.78, 5) is 0.414. The summed E-state index contributed by atoms with van der Waals surface area (Å²) in [5.74, 6) is 0.945. The third-order valence-corrected chi connectivity index (χ3v) is 5.76. The zero-order chi connectivity index (χ0) is 13.3. The van der Waals surface area contributed by atoms with Crippen molar-refractivity contribution in [2.75, 3.05) is 13.1 Å². The molecule has 0 bridgehead atoms. The van der Waals surface area contributed by atoms with Crippen LogP contribution in [0.25, 0.3) is 0 Å². The van der Waals surface area contributed by atoms with E-state index in [1.54, 1.807) is 16.4 Å². The minimum absolute atomic E-state index is 0.414. The Bertz CT molecular complexity index is 507. The summed E-state index contributed by atoms with van der Waals surface area (Å²) in [6.07, 6.45) is 1.04. The number of hydrogen-bond acceptors (Lipinski definition) is 2.